The summed E-state index contributed by atoms with van der Waals surface area (Å²) in [6, 6.07) is 0.123. The molecule has 1 unspecified atom stereocenters. The summed E-state index contributed by atoms with van der Waals surface area (Å²) >= 11 is 0. The van der Waals surface area contributed by atoms with Crippen LogP contribution in [-0.4, -0.2) is 41.3 Å². The van der Waals surface area contributed by atoms with Gasteiger partial charge in [0.15, 0.2) is 0 Å². The number of hydrogen-bond acceptors (Lipinski definition) is 4. The lowest BCUT2D eigenvalue weighted by Gasteiger charge is -2.38. The first-order valence-corrected chi connectivity index (χ1v) is 7.93. The zero-order valence-corrected chi connectivity index (χ0v) is 14.9. The third-order valence-electron chi connectivity index (χ3n) is 3.24. The zero-order valence-electron chi connectivity index (χ0n) is 14.9. The highest BCUT2D eigenvalue weighted by atomic mass is 16.6. The minimum atomic E-state index is -0.481. The molecule has 0 radical (unpaired) electrons. The van der Waals surface area contributed by atoms with Gasteiger partial charge >= 0.3 is 6.09 Å². The van der Waals surface area contributed by atoms with E-state index in [0.29, 0.717) is 0 Å². The van der Waals surface area contributed by atoms with Crippen LogP contribution in [0.3, 0.4) is 0 Å². The molecule has 0 aliphatic heterocycles. The third-order valence-corrected chi connectivity index (χ3v) is 3.24. The second-order valence-electron chi connectivity index (χ2n) is 8.14. The van der Waals surface area contributed by atoms with Gasteiger partial charge in [0, 0.05) is 17.6 Å². The fourth-order valence-electron chi connectivity index (χ4n) is 2.25. The van der Waals surface area contributed by atoms with Crippen LogP contribution in [0.15, 0.2) is 0 Å². The summed E-state index contributed by atoms with van der Waals surface area (Å²) in [5, 5.41) is 9.08. The lowest BCUT2D eigenvalue weighted by atomic mass is 9.86. The molecule has 6 heteroatoms. The van der Waals surface area contributed by atoms with E-state index < -0.39 is 5.60 Å². The van der Waals surface area contributed by atoms with Crippen molar-refractivity contribution in [1.29, 1.82) is 0 Å². The number of rotatable bonds is 4. The normalized spacial score (nSPS) is 23.2. The summed E-state index contributed by atoms with van der Waals surface area (Å²) in [4.78, 5) is 23.6. The van der Waals surface area contributed by atoms with Crippen molar-refractivity contribution in [3.05, 3.63) is 0 Å². The number of nitrogens with one attached hydrogen (secondary N) is 3. The Morgan fingerprint density at radius 3 is 2.05 bits per heavy atom. The van der Waals surface area contributed by atoms with Gasteiger partial charge in [0.05, 0.1) is 6.04 Å². The van der Waals surface area contributed by atoms with Crippen molar-refractivity contribution < 1.29 is 14.3 Å². The van der Waals surface area contributed by atoms with E-state index in [1.54, 1.807) is 0 Å². The lowest BCUT2D eigenvalue weighted by Crippen LogP contribution is -2.58. The minimum absolute atomic E-state index is 0.00366. The number of alkyl carbamates (subject to hydrolysis) is 1. The van der Waals surface area contributed by atoms with Crippen LogP contribution in [0.1, 0.15) is 61.3 Å². The van der Waals surface area contributed by atoms with Gasteiger partial charge in [-0.15, -0.1) is 0 Å². The van der Waals surface area contributed by atoms with Gasteiger partial charge in [-0.1, -0.05) is 0 Å². The van der Waals surface area contributed by atoms with Crippen molar-refractivity contribution in [2.45, 2.75) is 90.6 Å². The Hall–Kier alpha value is -1.30. The first-order valence-electron chi connectivity index (χ1n) is 7.93. The van der Waals surface area contributed by atoms with E-state index >= 15 is 0 Å². The summed E-state index contributed by atoms with van der Waals surface area (Å²) in [5.74, 6) is -0.00366. The van der Waals surface area contributed by atoms with E-state index in [4.69, 9.17) is 4.74 Å². The molecular weight excluding hydrogens is 282 g/mol. The van der Waals surface area contributed by atoms with Crippen LogP contribution >= 0.6 is 0 Å². The monoisotopic (exact) mass is 313 g/mol. The largest absolute Gasteiger partial charge is 0.444 e. The van der Waals surface area contributed by atoms with Crippen LogP contribution in [0.5, 0.6) is 0 Å². The third kappa shape index (κ3) is 7.11. The van der Waals surface area contributed by atoms with Crippen LogP contribution in [0, 0.1) is 0 Å². The van der Waals surface area contributed by atoms with Gasteiger partial charge in [-0.2, -0.15) is 0 Å². The fourth-order valence-corrected chi connectivity index (χ4v) is 2.25. The summed E-state index contributed by atoms with van der Waals surface area (Å²) < 4.78 is 5.22. The first kappa shape index (κ1) is 18.7. The Morgan fingerprint density at radius 1 is 1.05 bits per heavy atom. The number of carbonyl (C=O) groups excluding carboxylic acids is 2. The molecule has 22 heavy (non-hydrogen) atoms. The van der Waals surface area contributed by atoms with Crippen molar-refractivity contribution in [3.8, 4) is 0 Å². The van der Waals surface area contributed by atoms with Crippen LogP contribution in [0.4, 0.5) is 4.79 Å². The smallest absolute Gasteiger partial charge is 0.407 e. The van der Waals surface area contributed by atoms with Gasteiger partial charge in [0.1, 0.15) is 5.60 Å². The van der Waals surface area contributed by atoms with Gasteiger partial charge in [-0.05, 0) is 61.3 Å². The predicted molar refractivity (Wildman–Crippen MR) is 86.7 cm³/mol. The standard InChI is InChI=1S/C16H31N3O3/c1-10(13(20)19-15(2,3)4)17-11-8-12(9-11)18-14(21)22-16(5,6)7/h10-12,17H,8-9H2,1-7H3,(H,18,21)(H,19,20). The molecule has 2 amide bonds. The molecule has 1 aliphatic rings. The zero-order chi connectivity index (χ0) is 17.1. The SMILES string of the molecule is CC(NC1CC(NC(=O)OC(C)(C)C)C1)C(=O)NC(C)(C)C. The lowest BCUT2D eigenvalue weighted by molar-refractivity contribution is -0.124. The second-order valence-corrected chi connectivity index (χ2v) is 8.14. The molecule has 0 aromatic heterocycles. The number of carbonyl (C=O) groups is 2. The molecule has 1 rings (SSSR count). The van der Waals surface area contributed by atoms with Gasteiger partial charge < -0.3 is 20.7 Å². The van der Waals surface area contributed by atoms with E-state index in [-0.39, 0.29) is 35.7 Å². The maximum atomic E-state index is 12.0. The average molecular weight is 313 g/mol. The molecule has 0 aromatic rings. The first-order chi connectivity index (χ1) is 9.85. The summed E-state index contributed by atoms with van der Waals surface area (Å²) in [5.41, 5.74) is -0.710. The Morgan fingerprint density at radius 2 is 1.59 bits per heavy atom. The molecule has 3 N–H and O–H groups in total. The van der Waals surface area contributed by atoms with Crippen LogP contribution < -0.4 is 16.0 Å². The number of ether oxygens (including phenoxy) is 1. The molecule has 0 spiro atoms. The van der Waals surface area contributed by atoms with E-state index in [1.807, 2.05) is 48.5 Å². The van der Waals surface area contributed by atoms with Crippen molar-refractivity contribution in [3.63, 3.8) is 0 Å². The molecule has 0 bridgehead atoms. The highest BCUT2D eigenvalue weighted by molar-refractivity contribution is 5.82. The molecule has 0 aromatic carbocycles. The Balaban J connectivity index is 2.25. The van der Waals surface area contributed by atoms with E-state index in [0.717, 1.165) is 12.8 Å². The maximum Gasteiger partial charge on any atom is 0.407 e. The number of hydrogen-bond donors (Lipinski definition) is 3. The molecule has 1 saturated carbocycles. The summed E-state index contributed by atoms with van der Waals surface area (Å²) in [7, 11) is 0. The van der Waals surface area contributed by atoms with Crippen molar-refractivity contribution in [2.75, 3.05) is 0 Å². The fraction of sp³-hybridized carbons (Fsp3) is 0.875. The Kier molecular flexibility index (Phi) is 5.84. The molecule has 1 aliphatic carbocycles. The topological polar surface area (TPSA) is 79.5 Å². The van der Waals surface area contributed by atoms with Gasteiger partial charge in [0.2, 0.25) is 5.91 Å². The minimum Gasteiger partial charge on any atom is -0.444 e. The Bertz CT molecular complexity index is 404. The Labute approximate surface area is 133 Å². The van der Waals surface area contributed by atoms with Gasteiger partial charge in [-0.25, -0.2) is 4.79 Å². The van der Waals surface area contributed by atoms with Crippen molar-refractivity contribution in [1.82, 2.24) is 16.0 Å². The molecule has 128 valence electrons. The predicted octanol–water partition coefficient (Wildman–Crippen LogP) is 1.93. The molecule has 1 atom stereocenters. The van der Waals surface area contributed by atoms with Crippen LogP contribution in [0.25, 0.3) is 0 Å². The van der Waals surface area contributed by atoms with Crippen molar-refractivity contribution in [2.24, 2.45) is 0 Å². The van der Waals surface area contributed by atoms with E-state index in [9.17, 15) is 9.59 Å². The summed E-state index contributed by atoms with van der Waals surface area (Å²) in [6.07, 6.45) is 1.24. The molecule has 1 fully saturated rings. The number of amides is 2. The van der Waals surface area contributed by atoms with Crippen molar-refractivity contribution >= 4 is 12.0 Å². The average Bonchev–Trinajstić information content (AvgIpc) is 2.20. The highest BCUT2D eigenvalue weighted by Crippen LogP contribution is 2.21. The van der Waals surface area contributed by atoms with E-state index in [1.165, 1.54) is 0 Å². The second kappa shape index (κ2) is 6.86. The van der Waals surface area contributed by atoms with Gasteiger partial charge in [0.25, 0.3) is 0 Å². The molecule has 0 saturated heterocycles. The molecular formula is C16H31N3O3. The maximum absolute atomic E-state index is 12.0. The molecule has 6 nitrogen and oxygen atoms in total. The van der Waals surface area contributed by atoms with Gasteiger partial charge in [-0.3, -0.25) is 4.79 Å². The summed E-state index contributed by atoms with van der Waals surface area (Å²) in [6.45, 7) is 13.3. The van der Waals surface area contributed by atoms with Crippen LogP contribution in [-0.2, 0) is 9.53 Å². The quantitative estimate of drug-likeness (QED) is 0.741. The molecule has 0 heterocycles. The van der Waals surface area contributed by atoms with E-state index in [2.05, 4.69) is 16.0 Å². The van der Waals surface area contributed by atoms with Crippen LogP contribution in [0.2, 0.25) is 0 Å². The highest BCUT2D eigenvalue weighted by Gasteiger charge is 2.33.